The van der Waals surface area contributed by atoms with Crippen LogP contribution >= 0.6 is 23.2 Å². The number of amides is 2. The van der Waals surface area contributed by atoms with E-state index < -0.39 is 0 Å². The molecule has 1 aromatic heterocycles. The Bertz CT molecular complexity index is 757. The largest absolute Gasteiger partial charge is 0.381 e. The molecule has 6 nitrogen and oxygen atoms in total. The lowest BCUT2D eigenvalue weighted by atomic mass is 9.74. The molecule has 0 bridgehead atoms. The number of halogens is 2. The van der Waals surface area contributed by atoms with Crippen LogP contribution in [-0.4, -0.2) is 30.9 Å². The van der Waals surface area contributed by atoms with Crippen molar-refractivity contribution in [2.24, 2.45) is 0 Å². The molecule has 134 valence electrons. The summed E-state index contributed by atoms with van der Waals surface area (Å²) in [7, 11) is 0. The number of rotatable bonds is 4. The molecule has 0 saturated carbocycles. The predicted octanol–water partition coefficient (Wildman–Crippen LogP) is 4.16. The maximum absolute atomic E-state index is 12.2. The van der Waals surface area contributed by atoms with Crippen molar-refractivity contribution >= 4 is 35.1 Å². The fourth-order valence-corrected chi connectivity index (χ4v) is 3.67. The number of aryl methyl sites for hydroxylation is 1. The molecule has 1 aromatic carbocycles. The Balaban J connectivity index is 1.73. The minimum Gasteiger partial charge on any atom is -0.381 e. The van der Waals surface area contributed by atoms with Gasteiger partial charge in [0.1, 0.15) is 5.76 Å². The van der Waals surface area contributed by atoms with Gasteiger partial charge in [-0.3, -0.25) is 5.32 Å². The molecule has 1 aliphatic rings. The Morgan fingerprint density at radius 1 is 1.28 bits per heavy atom. The minimum absolute atomic E-state index is 0.295. The number of hydrogen-bond donors (Lipinski definition) is 2. The van der Waals surface area contributed by atoms with Gasteiger partial charge in [0, 0.05) is 41.3 Å². The van der Waals surface area contributed by atoms with E-state index in [9.17, 15) is 4.79 Å². The van der Waals surface area contributed by atoms with Crippen molar-refractivity contribution in [1.82, 2.24) is 10.5 Å². The molecule has 0 atom stereocenters. The van der Waals surface area contributed by atoms with Gasteiger partial charge in [-0.2, -0.15) is 0 Å². The number of nitrogens with one attached hydrogen (secondary N) is 2. The summed E-state index contributed by atoms with van der Waals surface area (Å²) >= 11 is 12.4. The van der Waals surface area contributed by atoms with Crippen LogP contribution in [-0.2, 0) is 10.2 Å². The first kappa shape index (κ1) is 18.0. The first-order valence-corrected chi connectivity index (χ1v) is 8.76. The maximum Gasteiger partial charge on any atom is 0.320 e. The Labute approximate surface area is 155 Å². The molecule has 2 heterocycles. The quantitative estimate of drug-likeness (QED) is 0.830. The van der Waals surface area contributed by atoms with Crippen LogP contribution in [0, 0.1) is 6.92 Å². The van der Waals surface area contributed by atoms with Gasteiger partial charge in [0.2, 0.25) is 0 Å². The summed E-state index contributed by atoms with van der Waals surface area (Å²) in [4.78, 5) is 12.2. The highest BCUT2D eigenvalue weighted by Crippen LogP contribution is 2.39. The second kappa shape index (κ2) is 7.64. The van der Waals surface area contributed by atoms with Gasteiger partial charge in [0.25, 0.3) is 0 Å². The zero-order valence-electron chi connectivity index (χ0n) is 13.8. The van der Waals surface area contributed by atoms with E-state index in [1.54, 1.807) is 19.1 Å². The lowest BCUT2D eigenvalue weighted by molar-refractivity contribution is 0.0509. The zero-order valence-corrected chi connectivity index (χ0v) is 15.3. The minimum atomic E-state index is -0.343. The average molecular weight is 384 g/mol. The maximum atomic E-state index is 12.2. The van der Waals surface area contributed by atoms with Crippen LogP contribution in [0.5, 0.6) is 0 Å². The summed E-state index contributed by atoms with van der Waals surface area (Å²) in [5, 5.41) is 10.5. The third-order valence-electron chi connectivity index (χ3n) is 4.41. The number of aromatic nitrogens is 1. The summed E-state index contributed by atoms with van der Waals surface area (Å²) in [5.74, 6) is 1.00. The molecule has 8 heteroatoms. The normalized spacial score (nSPS) is 16.4. The molecular weight excluding hydrogens is 365 g/mol. The highest BCUT2D eigenvalue weighted by Gasteiger charge is 2.36. The highest BCUT2D eigenvalue weighted by molar-refractivity contribution is 6.35. The number of ether oxygens (including phenoxy) is 1. The van der Waals surface area contributed by atoms with Crippen LogP contribution < -0.4 is 10.6 Å². The number of anilines is 1. The van der Waals surface area contributed by atoms with E-state index in [2.05, 4.69) is 15.8 Å². The van der Waals surface area contributed by atoms with Crippen molar-refractivity contribution in [1.29, 1.82) is 0 Å². The number of benzene rings is 1. The smallest absolute Gasteiger partial charge is 0.320 e. The molecule has 1 fully saturated rings. The number of carbonyl (C=O) groups is 1. The van der Waals surface area contributed by atoms with E-state index in [0.717, 1.165) is 18.4 Å². The van der Waals surface area contributed by atoms with Gasteiger partial charge in [0.15, 0.2) is 5.82 Å². The molecule has 2 aromatic rings. The Kier molecular flexibility index (Phi) is 5.51. The SMILES string of the molecule is Cc1cc(NC(=O)NCC2(c3ccc(Cl)cc3Cl)CCOCC2)no1. The van der Waals surface area contributed by atoms with Crippen LogP contribution in [0.25, 0.3) is 0 Å². The van der Waals surface area contributed by atoms with Crippen molar-refractivity contribution in [3.63, 3.8) is 0 Å². The number of nitrogens with zero attached hydrogens (tertiary/aromatic N) is 1. The van der Waals surface area contributed by atoms with E-state index in [0.29, 0.717) is 41.4 Å². The Morgan fingerprint density at radius 3 is 2.68 bits per heavy atom. The highest BCUT2D eigenvalue weighted by atomic mass is 35.5. The molecule has 0 spiro atoms. The molecule has 1 aliphatic heterocycles. The first-order valence-electron chi connectivity index (χ1n) is 8.00. The standard InChI is InChI=1S/C17H19Cl2N3O3/c1-11-8-15(22-25-11)21-16(23)20-10-17(4-6-24-7-5-17)13-3-2-12(18)9-14(13)19/h2-3,8-9H,4-7,10H2,1H3,(H2,20,21,22,23). The summed E-state index contributed by atoms with van der Waals surface area (Å²) in [5.41, 5.74) is 0.677. The van der Waals surface area contributed by atoms with Gasteiger partial charge in [-0.1, -0.05) is 34.4 Å². The van der Waals surface area contributed by atoms with Crippen LogP contribution in [0.1, 0.15) is 24.2 Å². The van der Waals surface area contributed by atoms with Crippen LogP contribution in [0.15, 0.2) is 28.8 Å². The van der Waals surface area contributed by atoms with Crippen LogP contribution in [0.4, 0.5) is 10.6 Å². The molecule has 2 N–H and O–H groups in total. The topological polar surface area (TPSA) is 76.4 Å². The van der Waals surface area contributed by atoms with Crippen molar-refractivity contribution in [3.05, 3.63) is 45.6 Å². The van der Waals surface area contributed by atoms with Crippen molar-refractivity contribution in [2.45, 2.75) is 25.2 Å². The number of hydrogen-bond acceptors (Lipinski definition) is 4. The summed E-state index contributed by atoms with van der Waals surface area (Å²) in [6, 6.07) is 6.78. The second-order valence-corrected chi connectivity index (χ2v) is 6.99. The fourth-order valence-electron chi connectivity index (χ4n) is 3.06. The van der Waals surface area contributed by atoms with Crippen LogP contribution in [0.3, 0.4) is 0 Å². The first-order chi connectivity index (χ1) is 12.0. The van der Waals surface area contributed by atoms with Crippen molar-refractivity contribution in [3.8, 4) is 0 Å². The summed E-state index contributed by atoms with van der Waals surface area (Å²) < 4.78 is 10.4. The molecule has 0 unspecified atom stereocenters. The molecule has 0 radical (unpaired) electrons. The van der Waals surface area contributed by atoms with Crippen LogP contribution in [0.2, 0.25) is 10.0 Å². The Morgan fingerprint density at radius 2 is 2.04 bits per heavy atom. The molecule has 3 rings (SSSR count). The van der Waals surface area contributed by atoms with E-state index in [4.69, 9.17) is 32.5 Å². The molecular formula is C17H19Cl2N3O3. The van der Waals surface area contributed by atoms with Crippen molar-refractivity contribution < 1.29 is 14.1 Å². The van der Waals surface area contributed by atoms with Gasteiger partial charge in [-0.05, 0) is 37.5 Å². The van der Waals surface area contributed by atoms with Gasteiger partial charge in [-0.25, -0.2) is 4.79 Å². The third-order valence-corrected chi connectivity index (χ3v) is 4.96. The van der Waals surface area contributed by atoms with Gasteiger partial charge >= 0.3 is 6.03 Å². The van der Waals surface area contributed by atoms with Crippen molar-refractivity contribution in [2.75, 3.05) is 25.1 Å². The van der Waals surface area contributed by atoms with E-state index in [1.807, 2.05) is 12.1 Å². The van der Waals surface area contributed by atoms with Gasteiger partial charge < -0.3 is 14.6 Å². The molecule has 1 saturated heterocycles. The van der Waals surface area contributed by atoms with E-state index in [-0.39, 0.29) is 11.4 Å². The van der Waals surface area contributed by atoms with Gasteiger partial charge in [-0.15, -0.1) is 0 Å². The monoisotopic (exact) mass is 383 g/mol. The Hall–Kier alpha value is -1.76. The lowest BCUT2D eigenvalue weighted by Gasteiger charge is -2.38. The second-order valence-electron chi connectivity index (χ2n) is 6.15. The summed E-state index contributed by atoms with van der Waals surface area (Å²) in [6.07, 6.45) is 1.52. The average Bonchev–Trinajstić information content (AvgIpc) is 2.98. The zero-order chi connectivity index (χ0) is 17.9. The lowest BCUT2D eigenvalue weighted by Crippen LogP contribution is -2.45. The third kappa shape index (κ3) is 4.26. The molecule has 0 aliphatic carbocycles. The number of carbonyl (C=O) groups excluding carboxylic acids is 1. The van der Waals surface area contributed by atoms with E-state index in [1.165, 1.54) is 0 Å². The van der Waals surface area contributed by atoms with E-state index >= 15 is 0 Å². The summed E-state index contributed by atoms with van der Waals surface area (Å²) in [6.45, 7) is 3.42. The number of urea groups is 1. The van der Waals surface area contributed by atoms with Gasteiger partial charge in [0.05, 0.1) is 0 Å². The molecule has 25 heavy (non-hydrogen) atoms. The molecule has 2 amide bonds. The predicted molar refractivity (Wildman–Crippen MR) is 96.5 cm³/mol. The fraction of sp³-hybridized carbons (Fsp3) is 0.412.